The van der Waals surface area contributed by atoms with E-state index in [1.165, 1.54) is 0 Å². The summed E-state index contributed by atoms with van der Waals surface area (Å²) in [6.45, 7) is 5.90. The summed E-state index contributed by atoms with van der Waals surface area (Å²) >= 11 is 0. The van der Waals surface area contributed by atoms with Gasteiger partial charge in [-0.2, -0.15) is 0 Å². The highest BCUT2D eigenvalue weighted by Gasteiger charge is 2.55. The van der Waals surface area contributed by atoms with Gasteiger partial charge >= 0.3 is 11.9 Å². The summed E-state index contributed by atoms with van der Waals surface area (Å²) in [6.07, 6.45) is 1.72. The van der Waals surface area contributed by atoms with Gasteiger partial charge in [-0.25, -0.2) is 4.79 Å². The predicted molar refractivity (Wildman–Crippen MR) is 103 cm³/mol. The van der Waals surface area contributed by atoms with Gasteiger partial charge in [0.25, 0.3) is 0 Å². The molecule has 3 aliphatic heterocycles. The van der Waals surface area contributed by atoms with Crippen LogP contribution in [-0.4, -0.2) is 85.5 Å². The Kier molecular flexibility index (Phi) is 5.58. The molecule has 0 aliphatic carbocycles. The summed E-state index contributed by atoms with van der Waals surface area (Å²) in [4.78, 5) is 29.3. The van der Waals surface area contributed by atoms with E-state index in [2.05, 4.69) is 0 Å². The normalized spacial score (nSPS) is 26.7. The molecule has 0 amide bonds. The molecule has 2 saturated heterocycles. The summed E-state index contributed by atoms with van der Waals surface area (Å²) in [5.41, 5.74) is 0.574. The maximum atomic E-state index is 13.0. The van der Waals surface area contributed by atoms with Crippen LogP contribution in [0, 0.1) is 6.92 Å². The molecule has 1 N–H and O–H groups in total. The van der Waals surface area contributed by atoms with E-state index in [0.717, 1.165) is 5.56 Å². The first kappa shape index (κ1) is 19.9. The number of carbonyl (C=O) groups is 2. The molecule has 0 aromatic heterocycles. The zero-order chi connectivity index (χ0) is 20.4. The number of morpholine rings is 2. The van der Waals surface area contributed by atoms with Crippen LogP contribution in [0.4, 0.5) is 0 Å². The van der Waals surface area contributed by atoms with Crippen molar-refractivity contribution >= 4 is 11.9 Å². The van der Waals surface area contributed by atoms with Crippen LogP contribution in [0.3, 0.4) is 0 Å². The average molecular weight is 402 g/mol. The van der Waals surface area contributed by atoms with Gasteiger partial charge in [0, 0.05) is 31.7 Å². The highest BCUT2D eigenvalue weighted by molar-refractivity contribution is 5.93. The van der Waals surface area contributed by atoms with Crippen molar-refractivity contribution in [3.63, 3.8) is 0 Å². The highest BCUT2D eigenvalue weighted by atomic mass is 16.6. The fourth-order valence-electron chi connectivity index (χ4n) is 4.39. The molecular formula is C21H26N2O6. The number of carbonyl (C=O) groups excluding carboxylic acids is 1. The van der Waals surface area contributed by atoms with Crippen molar-refractivity contribution in [2.45, 2.75) is 18.6 Å². The number of cyclic esters (lactones) is 1. The number of aliphatic carboxylic acids is 1. The van der Waals surface area contributed by atoms with Gasteiger partial charge in [0.2, 0.25) is 0 Å². The number of carboxylic acids is 1. The van der Waals surface area contributed by atoms with Gasteiger partial charge in [0.05, 0.1) is 26.4 Å². The predicted octanol–water partition coefficient (Wildman–Crippen LogP) is 0.749. The van der Waals surface area contributed by atoms with E-state index >= 15 is 0 Å². The van der Waals surface area contributed by atoms with E-state index in [9.17, 15) is 14.7 Å². The maximum Gasteiger partial charge on any atom is 0.355 e. The number of nitrogens with zero attached hydrogens (tertiary/aromatic N) is 2. The first-order chi connectivity index (χ1) is 14.0. The van der Waals surface area contributed by atoms with Crippen molar-refractivity contribution in [2.24, 2.45) is 0 Å². The summed E-state index contributed by atoms with van der Waals surface area (Å²) < 4.78 is 16.8. The molecule has 1 aromatic rings. The minimum Gasteiger partial charge on any atom is -0.480 e. The Morgan fingerprint density at radius 3 is 2.31 bits per heavy atom. The molecule has 3 aliphatic rings. The Balaban J connectivity index is 1.84. The number of hydrogen-bond acceptors (Lipinski definition) is 7. The summed E-state index contributed by atoms with van der Waals surface area (Å²) in [5.74, 6) is -1.52. The minimum absolute atomic E-state index is 0.413. The molecule has 0 unspecified atom stereocenters. The van der Waals surface area contributed by atoms with Crippen molar-refractivity contribution in [1.29, 1.82) is 0 Å². The van der Waals surface area contributed by atoms with Crippen LogP contribution in [0.25, 0.3) is 0 Å². The highest BCUT2D eigenvalue weighted by Crippen LogP contribution is 2.42. The molecule has 8 heteroatoms. The number of ether oxygens (including phenoxy) is 3. The Hall–Kier alpha value is -2.42. The first-order valence-electron chi connectivity index (χ1n) is 9.92. The van der Waals surface area contributed by atoms with Gasteiger partial charge < -0.3 is 24.2 Å². The fourth-order valence-corrected chi connectivity index (χ4v) is 4.39. The third kappa shape index (κ3) is 3.63. The third-order valence-electron chi connectivity index (χ3n) is 5.79. The Labute approximate surface area is 169 Å². The van der Waals surface area contributed by atoms with E-state index < -0.39 is 23.6 Å². The molecule has 156 valence electrons. The van der Waals surface area contributed by atoms with E-state index in [1.54, 1.807) is 6.08 Å². The first-order valence-corrected chi connectivity index (χ1v) is 9.92. The molecule has 0 bridgehead atoms. The van der Waals surface area contributed by atoms with Crippen LogP contribution < -0.4 is 0 Å². The maximum absolute atomic E-state index is 13.0. The van der Waals surface area contributed by atoms with Crippen molar-refractivity contribution in [2.75, 3.05) is 52.6 Å². The van der Waals surface area contributed by atoms with Crippen molar-refractivity contribution in [3.05, 3.63) is 47.2 Å². The average Bonchev–Trinajstić information content (AvgIpc) is 3.07. The van der Waals surface area contributed by atoms with Crippen LogP contribution in [0.2, 0.25) is 0 Å². The van der Waals surface area contributed by atoms with Crippen molar-refractivity contribution in [1.82, 2.24) is 9.80 Å². The second-order valence-corrected chi connectivity index (χ2v) is 7.52. The van der Waals surface area contributed by atoms with Crippen molar-refractivity contribution < 1.29 is 28.9 Å². The van der Waals surface area contributed by atoms with E-state index in [1.807, 2.05) is 41.0 Å². The number of esters is 1. The van der Waals surface area contributed by atoms with Crippen LogP contribution in [0.5, 0.6) is 0 Å². The Morgan fingerprint density at radius 2 is 1.69 bits per heavy atom. The van der Waals surface area contributed by atoms with Gasteiger partial charge in [0.1, 0.15) is 5.70 Å². The number of aryl methyl sites for hydroxylation is 1. The summed E-state index contributed by atoms with van der Waals surface area (Å²) in [6, 6.07) is 6.44. The van der Waals surface area contributed by atoms with Gasteiger partial charge in [-0.15, -0.1) is 0 Å². The number of rotatable bonds is 5. The molecule has 0 saturated carbocycles. The quantitative estimate of drug-likeness (QED) is 0.722. The molecular weight excluding hydrogens is 376 g/mol. The van der Waals surface area contributed by atoms with Gasteiger partial charge in [-0.05, 0) is 18.6 Å². The van der Waals surface area contributed by atoms with Crippen LogP contribution in [0.15, 0.2) is 36.0 Å². The molecule has 4 rings (SSSR count). The summed E-state index contributed by atoms with van der Waals surface area (Å²) in [5, 5.41) is 10.2. The lowest BCUT2D eigenvalue weighted by Crippen LogP contribution is -2.58. The zero-order valence-electron chi connectivity index (χ0n) is 16.5. The monoisotopic (exact) mass is 402 g/mol. The minimum atomic E-state index is -1.40. The SMILES string of the molecule is Cc1ccccc1[C@]1([C@@H](C(=O)O)N2CCOCC2)C=C(N2CCOCC2)C(=O)O1. The van der Waals surface area contributed by atoms with Crippen LogP contribution in [0.1, 0.15) is 11.1 Å². The molecule has 0 radical (unpaired) electrons. The number of benzene rings is 1. The Bertz CT molecular complexity index is 813. The standard InChI is InChI=1S/C21H26N2O6/c1-15-4-2-3-5-16(15)21(18(19(24)25)23-8-12-28-13-9-23)14-17(20(26)29-21)22-6-10-27-11-7-22/h2-5,14,18H,6-13H2,1H3,(H,24,25)/t18-,21+/m1/s1. The zero-order valence-corrected chi connectivity index (χ0v) is 16.5. The lowest BCUT2D eigenvalue weighted by atomic mass is 9.82. The topological polar surface area (TPSA) is 88.5 Å². The smallest absolute Gasteiger partial charge is 0.355 e. The molecule has 3 heterocycles. The van der Waals surface area contributed by atoms with Gasteiger partial charge in [-0.3, -0.25) is 9.69 Å². The Morgan fingerprint density at radius 1 is 1.07 bits per heavy atom. The molecule has 29 heavy (non-hydrogen) atoms. The van der Waals surface area contributed by atoms with Crippen LogP contribution in [-0.2, 0) is 29.4 Å². The largest absolute Gasteiger partial charge is 0.480 e. The van der Waals surface area contributed by atoms with E-state index in [-0.39, 0.29) is 0 Å². The molecule has 1 aromatic carbocycles. The second kappa shape index (κ2) is 8.14. The summed E-state index contributed by atoms with van der Waals surface area (Å²) in [7, 11) is 0. The molecule has 8 nitrogen and oxygen atoms in total. The molecule has 2 atom stereocenters. The van der Waals surface area contributed by atoms with E-state index in [4.69, 9.17) is 14.2 Å². The third-order valence-corrected chi connectivity index (χ3v) is 5.79. The van der Waals surface area contributed by atoms with Crippen LogP contribution >= 0.6 is 0 Å². The van der Waals surface area contributed by atoms with Crippen molar-refractivity contribution in [3.8, 4) is 0 Å². The van der Waals surface area contributed by atoms with Gasteiger partial charge in [0.15, 0.2) is 11.6 Å². The number of carboxylic acid groups (broad SMARTS) is 1. The van der Waals surface area contributed by atoms with Gasteiger partial charge in [-0.1, -0.05) is 24.3 Å². The van der Waals surface area contributed by atoms with E-state index in [0.29, 0.717) is 63.9 Å². The fraction of sp³-hybridized carbons (Fsp3) is 0.524. The number of hydrogen-bond donors (Lipinski definition) is 1. The second-order valence-electron chi connectivity index (χ2n) is 7.52. The molecule has 0 spiro atoms. The lowest BCUT2D eigenvalue weighted by Gasteiger charge is -2.41. The molecule has 2 fully saturated rings. The lowest BCUT2D eigenvalue weighted by molar-refractivity contribution is -0.168.